The molecule has 0 aliphatic rings. The SMILES string of the molecule is [C-]#[N+]c1ccc(-n2c3ccccc3c3cc(-c4cc(-c5ccccc5)cc(-n5c6ccccc6c6ccccc65)c4)ccc32)c(-c2cc(C#N)ccc2-n2c3ccccc3c3cc(-c4cc(-c5ccccc5)cc(-n5c6ccccc6c6ccccc65)c4)ccc32)c1. The number of para-hydroxylation sites is 6. The number of nitrogens with zero attached hydrogens (tertiary/aromatic N) is 6. The van der Waals surface area contributed by atoms with Gasteiger partial charge in [0.15, 0.2) is 5.69 Å². The van der Waals surface area contributed by atoms with E-state index in [1.54, 1.807) is 0 Å². The zero-order valence-electron chi connectivity index (χ0n) is 49.7. The Labute approximate surface area is 530 Å². The lowest BCUT2D eigenvalue weighted by molar-refractivity contribution is 1.16. The second kappa shape index (κ2) is 21.0. The van der Waals surface area contributed by atoms with Gasteiger partial charge in [-0.1, -0.05) is 188 Å². The summed E-state index contributed by atoms with van der Waals surface area (Å²) in [6, 6.07) is 115. The third-order valence-electron chi connectivity index (χ3n) is 18.7. The van der Waals surface area contributed by atoms with Crippen molar-refractivity contribution < 1.29 is 0 Å². The number of fused-ring (bicyclic) bond motifs is 12. The van der Waals surface area contributed by atoms with E-state index >= 15 is 0 Å². The number of rotatable bonds is 9. The molecule has 0 spiro atoms. The van der Waals surface area contributed by atoms with Gasteiger partial charge in [0.1, 0.15) is 0 Å². The van der Waals surface area contributed by atoms with E-state index in [4.69, 9.17) is 6.57 Å². The Bertz CT molecular complexity index is 5670. The maximum Gasteiger partial charge on any atom is 0.188 e. The average Bonchev–Trinajstić information content (AvgIpc) is 1.56. The first-order valence-electron chi connectivity index (χ1n) is 31.1. The van der Waals surface area contributed by atoms with Crippen molar-refractivity contribution in [3.05, 3.63) is 332 Å². The molecule has 4 aromatic heterocycles. The smallest absolute Gasteiger partial charge is 0.188 e. The minimum absolute atomic E-state index is 0.502. The lowest BCUT2D eigenvalue weighted by Crippen LogP contribution is -2.02. The lowest BCUT2D eigenvalue weighted by Gasteiger charge is -2.19. The van der Waals surface area contributed by atoms with Gasteiger partial charge in [0.05, 0.1) is 73.7 Å². The van der Waals surface area contributed by atoms with Crippen LogP contribution in [-0.2, 0) is 0 Å². The van der Waals surface area contributed by atoms with Crippen LogP contribution in [0.4, 0.5) is 5.69 Å². The van der Waals surface area contributed by atoms with Crippen molar-refractivity contribution in [2.75, 3.05) is 0 Å². The summed E-state index contributed by atoms with van der Waals surface area (Å²) in [6.07, 6.45) is 0. The Morgan fingerprint density at radius 1 is 0.250 bits per heavy atom. The molecule has 4 heterocycles. The van der Waals surface area contributed by atoms with Gasteiger partial charge in [0.25, 0.3) is 0 Å². The van der Waals surface area contributed by atoms with Crippen LogP contribution >= 0.6 is 0 Å². The third-order valence-corrected chi connectivity index (χ3v) is 18.7. The Morgan fingerprint density at radius 3 is 0.967 bits per heavy atom. The Kier molecular flexibility index (Phi) is 11.9. The monoisotopic (exact) mass is 1170 g/mol. The van der Waals surface area contributed by atoms with Gasteiger partial charge in [-0.25, -0.2) is 4.85 Å². The fourth-order valence-electron chi connectivity index (χ4n) is 14.7. The summed E-state index contributed by atoms with van der Waals surface area (Å²) in [6.45, 7) is 8.45. The molecule has 0 aliphatic carbocycles. The summed E-state index contributed by atoms with van der Waals surface area (Å²) >= 11 is 0. The number of nitriles is 1. The average molecular weight is 1170 g/mol. The Hall–Kier alpha value is -12.7. The van der Waals surface area contributed by atoms with E-state index in [1.165, 1.54) is 21.5 Å². The first-order valence-corrected chi connectivity index (χ1v) is 31.1. The molecule has 18 aromatic rings. The van der Waals surface area contributed by atoms with Crippen molar-refractivity contribution in [1.82, 2.24) is 18.3 Å². The quantitative estimate of drug-likeness (QED) is 0.133. The van der Waals surface area contributed by atoms with Gasteiger partial charge in [-0.3, -0.25) is 0 Å². The van der Waals surface area contributed by atoms with Gasteiger partial charge in [0.2, 0.25) is 0 Å². The molecule has 0 aliphatic heterocycles. The zero-order valence-corrected chi connectivity index (χ0v) is 49.7. The van der Waals surface area contributed by atoms with Crippen molar-refractivity contribution in [3.63, 3.8) is 0 Å². The summed E-state index contributed by atoms with van der Waals surface area (Å²) in [5.74, 6) is 0. The molecule has 0 saturated carbocycles. The van der Waals surface area contributed by atoms with E-state index in [0.717, 1.165) is 144 Å². The number of hydrogen-bond acceptors (Lipinski definition) is 1. The van der Waals surface area contributed by atoms with Crippen LogP contribution in [0.25, 0.3) is 170 Å². The second-order valence-electron chi connectivity index (χ2n) is 23.8. The minimum Gasteiger partial charge on any atom is -0.309 e. The largest absolute Gasteiger partial charge is 0.309 e. The highest BCUT2D eigenvalue weighted by atomic mass is 15.0. The van der Waals surface area contributed by atoms with Crippen LogP contribution in [0, 0.1) is 17.9 Å². The van der Waals surface area contributed by atoms with E-state index < -0.39 is 0 Å². The summed E-state index contributed by atoms with van der Waals surface area (Å²) in [5.41, 5.74) is 24.3. The summed E-state index contributed by atoms with van der Waals surface area (Å²) < 4.78 is 9.50. The van der Waals surface area contributed by atoms with Crippen LogP contribution in [-0.4, -0.2) is 18.3 Å². The first-order chi connectivity index (χ1) is 45.5. The van der Waals surface area contributed by atoms with E-state index in [2.05, 4.69) is 320 Å². The molecule has 18 rings (SSSR count). The van der Waals surface area contributed by atoms with Crippen LogP contribution in [0.15, 0.2) is 315 Å². The van der Waals surface area contributed by atoms with Crippen LogP contribution < -0.4 is 0 Å². The van der Waals surface area contributed by atoms with E-state index in [9.17, 15) is 5.26 Å². The molecule has 92 heavy (non-hydrogen) atoms. The van der Waals surface area contributed by atoms with Gasteiger partial charge in [-0.05, 0) is 177 Å². The van der Waals surface area contributed by atoms with Gasteiger partial charge in [-0.2, -0.15) is 5.26 Å². The molecule has 6 nitrogen and oxygen atoms in total. The lowest BCUT2D eigenvalue weighted by atomic mass is 9.96. The normalized spacial score (nSPS) is 11.7. The van der Waals surface area contributed by atoms with Crippen LogP contribution in [0.5, 0.6) is 0 Å². The van der Waals surface area contributed by atoms with Crippen LogP contribution in [0.2, 0.25) is 0 Å². The topological polar surface area (TPSA) is 47.9 Å². The first kappa shape index (κ1) is 52.4. The number of benzene rings is 14. The maximum atomic E-state index is 10.8. The molecule has 0 unspecified atom stereocenters. The van der Waals surface area contributed by atoms with Crippen LogP contribution in [0.3, 0.4) is 0 Å². The van der Waals surface area contributed by atoms with Gasteiger partial charge >= 0.3 is 0 Å². The summed E-state index contributed by atoms with van der Waals surface area (Å²) in [7, 11) is 0. The van der Waals surface area contributed by atoms with E-state index in [1.807, 2.05) is 24.3 Å². The molecular formula is C86H52N6. The molecule has 426 valence electrons. The molecule has 6 heteroatoms. The van der Waals surface area contributed by atoms with Gasteiger partial charge in [-0.15, -0.1) is 0 Å². The maximum absolute atomic E-state index is 10.8. The molecule has 0 radical (unpaired) electrons. The van der Waals surface area contributed by atoms with Gasteiger partial charge < -0.3 is 18.3 Å². The zero-order chi connectivity index (χ0) is 61.0. The molecule has 0 N–H and O–H groups in total. The highest BCUT2D eigenvalue weighted by molar-refractivity contribution is 6.14. The van der Waals surface area contributed by atoms with Crippen molar-refractivity contribution in [1.29, 1.82) is 5.26 Å². The van der Waals surface area contributed by atoms with E-state index in [-0.39, 0.29) is 0 Å². The Morgan fingerprint density at radius 2 is 0.576 bits per heavy atom. The highest BCUT2D eigenvalue weighted by Crippen LogP contribution is 2.46. The summed E-state index contributed by atoms with van der Waals surface area (Å²) in [5, 5.41) is 20.1. The molecule has 0 fully saturated rings. The molecular weight excluding hydrogens is 1120 g/mol. The number of hydrogen-bond donors (Lipinski definition) is 0. The number of aromatic nitrogens is 4. The van der Waals surface area contributed by atoms with Crippen molar-refractivity contribution >= 4 is 92.9 Å². The minimum atomic E-state index is 0.502. The summed E-state index contributed by atoms with van der Waals surface area (Å²) in [4.78, 5) is 4.05. The molecule has 0 amide bonds. The van der Waals surface area contributed by atoms with Crippen molar-refractivity contribution in [3.8, 4) is 84.5 Å². The molecule has 0 saturated heterocycles. The third kappa shape index (κ3) is 8.26. The highest BCUT2D eigenvalue weighted by Gasteiger charge is 2.24. The van der Waals surface area contributed by atoms with Crippen LogP contribution in [0.1, 0.15) is 5.56 Å². The van der Waals surface area contributed by atoms with Crippen molar-refractivity contribution in [2.45, 2.75) is 0 Å². The van der Waals surface area contributed by atoms with Crippen molar-refractivity contribution in [2.24, 2.45) is 0 Å². The molecule has 0 atom stereocenters. The second-order valence-corrected chi connectivity index (χ2v) is 23.8. The predicted molar refractivity (Wildman–Crippen MR) is 382 cm³/mol. The Balaban J connectivity index is 0.814. The fraction of sp³-hybridized carbons (Fsp3) is 0. The fourth-order valence-corrected chi connectivity index (χ4v) is 14.7. The standard InChI is InChI=1S/C86H52N6/c1-88-64-39-43-86(92-82-35-19-13-29-72(82)75-52-59(38-42-85(75)92)63-46-61(57-22-6-3-7-23-57)48-66(50-63)90-79-32-16-10-26-69(79)70-27-11-17-33-80(70)90)76(53-64)73-44-55(54-87)36-40-83(73)91-81-34-18-12-28-71(81)74-51-58(37-41-84(74)91)62-45-60(56-20-4-2-5-21-56)47-65(49-62)89-77-30-14-8-24-67(77)68-25-9-15-31-78(68)89/h2-53H. The van der Waals surface area contributed by atoms with E-state index in [0.29, 0.717) is 11.3 Å². The predicted octanol–water partition coefficient (Wildman–Crippen LogP) is 22.8. The molecule has 14 aromatic carbocycles. The van der Waals surface area contributed by atoms with Gasteiger partial charge in [0, 0.05) is 60.0 Å². The molecule has 0 bridgehead atoms.